The molecule has 1 saturated carbocycles. The molecule has 2 heterocycles. The number of nitro groups is 1. The van der Waals surface area contributed by atoms with Crippen LogP contribution in [0.1, 0.15) is 36.8 Å². The van der Waals surface area contributed by atoms with Gasteiger partial charge in [-0.2, -0.15) is 13.2 Å². The maximum absolute atomic E-state index is 13.3. The normalized spacial score (nSPS) is 19.2. The lowest BCUT2D eigenvalue weighted by molar-refractivity contribution is -0.388. The molecule has 2 fully saturated rings. The Labute approximate surface area is 245 Å². The SMILES string of the molecule is O=C(Cc1ccc(F)cc1)N1CCN(c2ccnc(O[C@H]3CC[C@H](Nc4ccc([N+](=O)[O-])c(C(F)(F)F)c4)CC3)c2)CC1. The van der Waals surface area contributed by atoms with Crippen molar-refractivity contribution in [2.24, 2.45) is 0 Å². The molecule has 1 aliphatic carbocycles. The number of piperazine rings is 1. The van der Waals surface area contributed by atoms with Crippen LogP contribution in [0.3, 0.4) is 0 Å². The van der Waals surface area contributed by atoms with Crippen molar-refractivity contribution in [3.05, 3.63) is 87.9 Å². The van der Waals surface area contributed by atoms with Gasteiger partial charge in [0.2, 0.25) is 11.8 Å². The molecule has 1 saturated heterocycles. The Balaban J connectivity index is 1.10. The van der Waals surface area contributed by atoms with Gasteiger partial charge in [-0.25, -0.2) is 9.37 Å². The number of amides is 1. The minimum Gasteiger partial charge on any atom is -0.474 e. The number of ether oxygens (including phenoxy) is 1. The van der Waals surface area contributed by atoms with Gasteiger partial charge in [-0.05, 0) is 61.6 Å². The standard InChI is InChI=1S/C30H31F4N5O4/c31-21-3-1-20(2-4-21)17-29(40)38-15-13-37(14-16-38)24-11-12-35-28(19-24)43-25-8-5-22(6-9-25)36-23-7-10-27(39(41)42)26(18-23)30(32,33)34/h1-4,7,10-12,18-19,22,25,36H,5-6,8-9,13-17H2/t22-,25-. The van der Waals surface area contributed by atoms with E-state index in [1.54, 1.807) is 18.3 Å². The van der Waals surface area contributed by atoms with Gasteiger partial charge < -0.3 is 19.9 Å². The van der Waals surface area contributed by atoms with Crippen LogP contribution >= 0.6 is 0 Å². The third kappa shape index (κ3) is 7.70. The molecule has 0 bridgehead atoms. The van der Waals surface area contributed by atoms with Gasteiger partial charge in [0.15, 0.2) is 0 Å². The van der Waals surface area contributed by atoms with E-state index in [1.165, 1.54) is 18.2 Å². The summed E-state index contributed by atoms with van der Waals surface area (Å²) in [6, 6.07) is 12.6. The van der Waals surface area contributed by atoms with E-state index in [-0.39, 0.29) is 36.0 Å². The molecule has 0 spiro atoms. The minimum absolute atomic E-state index is 0.00414. The molecule has 1 aliphatic heterocycles. The van der Waals surface area contributed by atoms with E-state index in [9.17, 15) is 32.5 Å². The topological polar surface area (TPSA) is 101 Å². The molecular weight excluding hydrogens is 570 g/mol. The number of rotatable bonds is 8. The van der Waals surface area contributed by atoms with Gasteiger partial charge in [0.05, 0.1) is 11.3 Å². The average Bonchev–Trinajstić information content (AvgIpc) is 2.99. The molecule has 43 heavy (non-hydrogen) atoms. The van der Waals surface area contributed by atoms with Gasteiger partial charge >= 0.3 is 6.18 Å². The lowest BCUT2D eigenvalue weighted by Gasteiger charge is -2.36. The van der Waals surface area contributed by atoms with Gasteiger partial charge in [-0.3, -0.25) is 14.9 Å². The largest absolute Gasteiger partial charge is 0.474 e. The number of carbonyl (C=O) groups is 1. The third-order valence-electron chi connectivity index (χ3n) is 7.82. The zero-order valence-electron chi connectivity index (χ0n) is 23.2. The number of alkyl halides is 3. The van der Waals surface area contributed by atoms with Crippen molar-refractivity contribution in [1.29, 1.82) is 0 Å². The highest BCUT2D eigenvalue weighted by Crippen LogP contribution is 2.38. The molecule has 1 amide bonds. The molecular formula is C30H31F4N5O4. The number of nitrogens with one attached hydrogen (secondary N) is 1. The smallest absolute Gasteiger partial charge is 0.423 e. The zero-order chi connectivity index (χ0) is 30.6. The second kappa shape index (κ2) is 12.8. The van der Waals surface area contributed by atoms with Crippen LogP contribution in [0.15, 0.2) is 60.8 Å². The monoisotopic (exact) mass is 601 g/mol. The fourth-order valence-corrected chi connectivity index (χ4v) is 5.51. The lowest BCUT2D eigenvalue weighted by atomic mass is 9.92. The summed E-state index contributed by atoms with van der Waals surface area (Å²) < 4.78 is 59.3. The molecule has 1 N–H and O–H groups in total. The number of halogens is 4. The van der Waals surface area contributed by atoms with E-state index >= 15 is 0 Å². The fraction of sp³-hybridized carbons (Fsp3) is 0.400. The van der Waals surface area contributed by atoms with Crippen LogP contribution in [-0.2, 0) is 17.4 Å². The molecule has 0 unspecified atom stereocenters. The molecule has 2 aliphatic rings. The van der Waals surface area contributed by atoms with E-state index in [0.717, 1.165) is 23.4 Å². The van der Waals surface area contributed by atoms with E-state index in [1.807, 2.05) is 17.0 Å². The average molecular weight is 602 g/mol. The summed E-state index contributed by atoms with van der Waals surface area (Å²) in [7, 11) is 0. The van der Waals surface area contributed by atoms with Crippen molar-refractivity contribution in [2.75, 3.05) is 36.4 Å². The van der Waals surface area contributed by atoms with E-state index < -0.39 is 22.4 Å². The first-order valence-electron chi connectivity index (χ1n) is 14.1. The van der Waals surface area contributed by atoms with Crippen LogP contribution in [0.25, 0.3) is 0 Å². The Hall–Kier alpha value is -4.42. The molecule has 2 aromatic carbocycles. The number of hydrogen-bond acceptors (Lipinski definition) is 7. The van der Waals surface area contributed by atoms with Gasteiger partial charge in [0.1, 0.15) is 17.5 Å². The van der Waals surface area contributed by atoms with Crippen molar-refractivity contribution in [3.8, 4) is 5.88 Å². The first kappa shape index (κ1) is 30.1. The van der Waals surface area contributed by atoms with Crippen LogP contribution in [0.4, 0.5) is 34.6 Å². The van der Waals surface area contributed by atoms with Crippen LogP contribution < -0.4 is 15.0 Å². The Morgan fingerprint density at radius 3 is 2.35 bits per heavy atom. The first-order chi connectivity index (χ1) is 20.5. The third-order valence-corrected chi connectivity index (χ3v) is 7.82. The van der Waals surface area contributed by atoms with Gasteiger partial charge in [0.25, 0.3) is 5.69 Å². The van der Waals surface area contributed by atoms with Crippen molar-refractivity contribution in [2.45, 2.75) is 50.4 Å². The zero-order valence-corrected chi connectivity index (χ0v) is 23.2. The molecule has 3 aromatic rings. The summed E-state index contributed by atoms with van der Waals surface area (Å²) >= 11 is 0. The van der Waals surface area contributed by atoms with Crippen LogP contribution in [0.5, 0.6) is 5.88 Å². The van der Waals surface area contributed by atoms with Crippen LogP contribution in [-0.4, -0.2) is 59.0 Å². The quantitative estimate of drug-likeness (QED) is 0.197. The van der Waals surface area contributed by atoms with E-state index in [0.29, 0.717) is 57.7 Å². The van der Waals surface area contributed by atoms with Crippen molar-refractivity contribution in [3.63, 3.8) is 0 Å². The summed E-state index contributed by atoms with van der Waals surface area (Å²) in [5.41, 5.74) is -0.347. The predicted octanol–water partition coefficient (Wildman–Crippen LogP) is 5.84. The molecule has 9 nitrogen and oxygen atoms in total. The number of nitro benzene ring substituents is 1. The second-order valence-electron chi connectivity index (χ2n) is 10.7. The van der Waals surface area contributed by atoms with E-state index in [4.69, 9.17) is 4.74 Å². The highest BCUT2D eigenvalue weighted by Gasteiger charge is 2.38. The summed E-state index contributed by atoms with van der Waals surface area (Å²) in [5.74, 6) is 0.152. The summed E-state index contributed by atoms with van der Waals surface area (Å²) in [5, 5.41) is 14.1. The summed E-state index contributed by atoms with van der Waals surface area (Å²) in [6.45, 7) is 2.42. The minimum atomic E-state index is -4.83. The summed E-state index contributed by atoms with van der Waals surface area (Å²) in [6.07, 6.45) is -0.403. The molecule has 0 atom stereocenters. The maximum Gasteiger partial charge on any atom is 0.423 e. The van der Waals surface area contributed by atoms with Crippen molar-refractivity contribution < 1.29 is 32.0 Å². The molecule has 0 radical (unpaired) electrons. The van der Waals surface area contributed by atoms with Gasteiger partial charge in [-0.15, -0.1) is 0 Å². The summed E-state index contributed by atoms with van der Waals surface area (Å²) in [4.78, 5) is 31.0. The number of nitrogens with zero attached hydrogens (tertiary/aromatic N) is 4. The van der Waals surface area contributed by atoms with Crippen molar-refractivity contribution in [1.82, 2.24) is 9.88 Å². The Morgan fingerprint density at radius 2 is 1.70 bits per heavy atom. The Morgan fingerprint density at radius 1 is 1.00 bits per heavy atom. The highest BCUT2D eigenvalue weighted by molar-refractivity contribution is 5.79. The number of aromatic nitrogens is 1. The molecule has 5 rings (SSSR count). The number of hydrogen-bond donors (Lipinski definition) is 1. The Kier molecular flexibility index (Phi) is 8.97. The highest BCUT2D eigenvalue weighted by atomic mass is 19.4. The first-order valence-corrected chi connectivity index (χ1v) is 14.1. The lowest BCUT2D eigenvalue weighted by Crippen LogP contribution is -2.49. The van der Waals surface area contributed by atoms with Crippen LogP contribution in [0, 0.1) is 15.9 Å². The molecule has 13 heteroatoms. The second-order valence-corrected chi connectivity index (χ2v) is 10.7. The Bertz CT molecular complexity index is 1440. The number of anilines is 2. The maximum atomic E-state index is 13.3. The predicted molar refractivity (Wildman–Crippen MR) is 152 cm³/mol. The van der Waals surface area contributed by atoms with Gasteiger partial charge in [0, 0.05) is 61.9 Å². The fourth-order valence-electron chi connectivity index (χ4n) is 5.51. The van der Waals surface area contributed by atoms with Crippen molar-refractivity contribution >= 4 is 23.0 Å². The van der Waals surface area contributed by atoms with Gasteiger partial charge in [-0.1, -0.05) is 12.1 Å². The van der Waals surface area contributed by atoms with E-state index in [2.05, 4.69) is 15.2 Å². The number of pyridine rings is 1. The molecule has 1 aromatic heterocycles. The van der Waals surface area contributed by atoms with Crippen LogP contribution in [0.2, 0.25) is 0 Å². The number of benzene rings is 2. The molecule has 228 valence electrons. The number of carbonyl (C=O) groups excluding carboxylic acids is 1.